The molecule has 0 spiro atoms. The number of benzene rings is 2. The summed E-state index contributed by atoms with van der Waals surface area (Å²) in [4.78, 5) is 0. The molecule has 2 rings (SSSR count). The van der Waals surface area contributed by atoms with Gasteiger partial charge in [-0.2, -0.15) is 0 Å². The van der Waals surface area contributed by atoms with E-state index in [9.17, 15) is 8.78 Å². The molecule has 1 nitrogen and oxygen atoms in total. The molecule has 106 valence electrons. The summed E-state index contributed by atoms with van der Waals surface area (Å²) >= 11 is 12.3. The highest BCUT2D eigenvalue weighted by molar-refractivity contribution is 6.32. The zero-order chi connectivity index (χ0) is 14.7. The minimum absolute atomic E-state index is 0.376. The number of halogens is 4. The van der Waals surface area contributed by atoms with E-state index in [1.54, 1.807) is 18.2 Å². The minimum atomic E-state index is -0.876. The van der Waals surface area contributed by atoms with E-state index in [0.29, 0.717) is 22.8 Å². The summed E-state index contributed by atoms with van der Waals surface area (Å²) in [5.41, 5.74) is 1.41. The van der Waals surface area contributed by atoms with Crippen LogP contribution in [0.1, 0.15) is 16.5 Å². The number of ether oxygens (including phenoxy) is 1. The summed E-state index contributed by atoms with van der Waals surface area (Å²) in [6, 6.07) is 8.97. The topological polar surface area (TPSA) is 9.23 Å². The number of rotatable bonds is 4. The molecule has 1 unspecified atom stereocenters. The molecular weight excluding hydrogens is 305 g/mol. The maximum absolute atomic E-state index is 13.1. The van der Waals surface area contributed by atoms with Crippen LogP contribution in [0, 0.1) is 11.6 Å². The Balaban J connectivity index is 2.17. The van der Waals surface area contributed by atoms with Gasteiger partial charge in [-0.05, 0) is 41.8 Å². The van der Waals surface area contributed by atoms with Crippen LogP contribution in [0.15, 0.2) is 36.4 Å². The average Bonchev–Trinajstić information content (AvgIpc) is 2.42. The van der Waals surface area contributed by atoms with E-state index in [4.69, 9.17) is 27.9 Å². The third-order valence-corrected chi connectivity index (χ3v) is 3.64. The van der Waals surface area contributed by atoms with Gasteiger partial charge in [0.2, 0.25) is 0 Å². The molecule has 0 aromatic heterocycles. The van der Waals surface area contributed by atoms with Crippen LogP contribution in [0.2, 0.25) is 5.02 Å². The second-order valence-corrected chi connectivity index (χ2v) is 5.25. The van der Waals surface area contributed by atoms with E-state index < -0.39 is 11.6 Å². The number of methoxy groups -OCH3 is 1. The molecular formula is C15H12Cl2F2O. The van der Waals surface area contributed by atoms with Crippen molar-refractivity contribution < 1.29 is 13.5 Å². The fourth-order valence-electron chi connectivity index (χ4n) is 1.87. The maximum atomic E-state index is 13.1. The molecule has 0 heterocycles. The van der Waals surface area contributed by atoms with Crippen molar-refractivity contribution in [2.45, 2.75) is 11.8 Å². The smallest absolute Gasteiger partial charge is 0.159 e. The van der Waals surface area contributed by atoms with Crippen molar-refractivity contribution in [3.05, 3.63) is 64.2 Å². The standard InChI is InChI=1S/C15H12Cl2F2O/c1-20-15-5-3-10(8-12(15)17)11(16)6-9-2-4-13(18)14(19)7-9/h2-5,7-8,11H,6H2,1H3. The van der Waals surface area contributed by atoms with Gasteiger partial charge >= 0.3 is 0 Å². The molecule has 0 aliphatic rings. The predicted octanol–water partition coefficient (Wildman–Crippen LogP) is 5.15. The van der Waals surface area contributed by atoms with Crippen molar-refractivity contribution in [1.29, 1.82) is 0 Å². The van der Waals surface area contributed by atoms with Gasteiger partial charge in [-0.3, -0.25) is 0 Å². The molecule has 0 bridgehead atoms. The summed E-state index contributed by atoms with van der Waals surface area (Å²) in [5.74, 6) is -1.18. The van der Waals surface area contributed by atoms with Crippen molar-refractivity contribution >= 4 is 23.2 Å². The molecule has 0 aliphatic carbocycles. The first-order valence-corrected chi connectivity index (χ1v) is 6.74. The van der Waals surface area contributed by atoms with Crippen molar-refractivity contribution in [3.63, 3.8) is 0 Å². The molecule has 0 fully saturated rings. The van der Waals surface area contributed by atoms with Crippen LogP contribution in [0.3, 0.4) is 0 Å². The van der Waals surface area contributed by atoms with Gasteiger partial charge in [-0.25, -0.2) is 8.78 Å². The van der Waals surface area contributed by atoms with Crippen LogP contribution in [0.5, 0.6) is 5.75 Å². The summed E-state index contributed by atoms with van der Waals surface area (Å²) < 4.78 is 31.1. The van der Waals surface area contributed by atoms with Gasteiger partial charge in [-0.1, -0.05) is 23.7 Å². The van der Waals surface area contributed by atoms with Gasteiger partial charge in [0, 0.05) is 0 Å². The van der Waals surface area contributed by atoms with E-state index in [1.165, 1.54) is 13.2 Å². The predicted molar refractivity (Wildman–Crippen MR) is 76.7 cm³/mol. The van der Waals surface area contributed by atoms with E-state index in [1.807, 2.05) is 0 Å². The first kappa shape index (κ1) is 15.1. The lowest BCUT2D eigenvalue weighted by molar-refractivity contribution is 0.415. The zero-order valence-corrected chi connectivity index (χ0v) is 12.2. The highest BCUT2D eigenvalue weighted by Gasteiger charge is 2.13. The molecule has 0 N–H and O–H groups in total. The van der Waals surface area contributed by atoms with Crippen molar-refractivity contribution in [2.24, 2.45) is 0 Å². The van der Waals surface area contributed by atoms with Crippen molar-refractivity contribution in [2.75, 3.05) is 7.11 Å². The lowest BCUT2D eigenvalue weighted by atomic mass is 10.0. The second kappa shape index (κ2) is 6.42. The van der Waals surface area contributed by atoms with E-state index >= 15 is 0 Å². The lowest BCUT2D eigenvalue weighted by Gasteiger charge is -2.12. The largest absolute Gasteiger partial charge is 0.495 e. The first-order chi connectivity index (χ1) is 9.51. The third kappa shape index (κ3) is 3.41. The Morgan fingerprint density at radius 2 is 1.85 bits per heavy atom. The molecule has 20 heavy (non-hydrogen) atoms. The monoisotopic (exact) mass is 316 g/mol. The maximum Gasteiger partial charge on any atom is 0.159 e. The van der Waals surface area contributed by atoms with Gasteiger partial charge < -0.3 is 4.74 Å². The van der Waals surface area contributed by atoms with Gasteiger partial charge in [0.05, 0.1) is 17.5 Å². The van der Waals surface area contributed by atoms with Crippen LogP contribution in [0.4, 0.5) is 8.78 Å². The number of hydrogen-bond acceptors (Lipinski definition) is 1. The fraction of sp³-hybridized carbons (Fsp3) is 0.200. The van der Waals surface area contributed by atoms with Crippen LogP contribution in [-0.4, -0.2) is 7.11 Å². The quantitative estimate of drug-likeness (QED) is 0.709. The zero-order valence-electron chi connectivity index (χ0n) is 10.7. The molecule has 5 heteroatoms. The van der Waals surface area contributed by atoms with E-state index in [-0.39, 0.29) is 5.38 Å². The SMILES string of the molecule is COc1ccc(C(Cl)Cc2ccc(F)c(F)c2)cc1Cl. The Morgan fingerprint density at radius 1 is 1.10 bits per heavy atom. The highest BCUT2D eigenvalue weighted by Crippen LogP contribution is 2.32. The average molecular weight is 317 g/mol. The minimum Gasteiger partial charge on any atom is -0.495 e. The van der Waals surface area contributed by atoms with Crippen LogP contribution < -0.4 is 4.74 Å². The Bertz CT molecular complexity index is 617. The summed E-state index contributed by atoms with van der Waals surface area (Å²) in [6.45, 7) is 0. The molecule has 0 amide bonds. The van der Waals surface area contributed by atoms with Crippen molar-refractivity contribution in [3.8, 4) is 5.75 Å². The molecule has 0 aliphatic heterocycles. The normalized spacial score (nSPS) is 12.2. The fourth-order valence-corrected chi connectivity index (χ4v) is 2.45. The Labute approximate surface area is 126 Å². The van der Waals surface area contributed by atoms with Gasteiger partial charge in [0.1, 0.15) is 5.75 Å². The van der Waals surface area contributed by atoms with E-state index in [0.717, 1.165) is 17.7 Å². The number of alkyl halides is 1. The van der Waals surface area contributed by atoms with Crippen LogP contribution in [-0.2, 0) is 6.42 Å². The first-order valence-electron chi connectivity index (χ1n) is 5.92. The highest BCUT2D eigenvalue weighted by atomic mass is 35.5. The van der Waals surface area contributed by atoms with Gasteiger partial charge in [0.25, 0.3) is 0 Å². The van der Waals surface area contributed by atoms with Crippen molar-refractivity contribution in [1.82, 2.24) is 0 Å². The van der Waals surface area contributed by atoms with Gasteiger partial charge in [-0.15, -0.1) is 11.6 Å². The Kier molecular flexibility index (Phi) is 4.84. The molecule has 2 aromatic rings. The third-order valence-electron chi connectivity index (χ3n) is 2.94. The van der Waals surface area contributed by atoms with Crippen LogP contribution in [0.25, 0.3) is 0 Å². The van der Waals surface area contributed by atoms with Crippen LogP contribution >= 0.6 is 23.2 Å². The molecule has 0 saturated heterocycles. The van der Waals surface area contributed by atoms with Gasteiger partial charge in [0.15, 0.2) is 11.6 Å². The van der Waals surface area contributed by atoms with E-state index in [2.05, 4.69) is 0 Å². The Morgan fingerprint density at radius 3 is 2.45 bits per heavy atom. The molecule has 0 saturated carbocycles. The molecule has 1 atom stereocenters. The number of hydrogen-bond donors (Lipinski definition) is 0. The molecule has 2 aromatic carbocycles. The lowest BCUT2D eigenvalue weighted by Crippen LogP contribution is -1.98. The molecule has 0 radical (unpaired) electrons. The Hall–Kier alpha value is -1.32. The second-order valence-electron chi connectivity index (χ2n) is 4.31. The summed E-state index contributed by atoms with van der Waals surface area (Å²) in [7, 11) is 1.53. The summed E-state index contributed by atoms with van der Waals surface area (Å²) in [5, 5.41) is 0.0733. The summed E-state index contributed by atoms with van der Waals surface area (Å²) in [6.07, 6.45) is 0.376.